The number of sulfonamides is 1. The zero-order valence-electron chi connectivity index (χ0n) is 13.5. The Kier molecular flexibility index (Phi) is 6.33. The molecule has 2 N–H and O–H groups in total. The highest BCUT2D eigenvalue weighted by molar-refractivity contribution is 7.92. The van der Waals surface area contributed by atoms with E-state index >= 15 is 0 Å². The summed E-state index contributed by atoms with van der Waals surface area (Å²) in [5.74, 6) is 0. The molecule has 0 spiro atoms. The van der Waals surface area contributed by atoms with E-state index in [4.69, 9.17) is 34.8 Å². The number of alkyl halides is 6. The molecular formula is C15H8Cl3F6NO3S. The summed E-state index contributed by atoms with van der Waals surface area (Å²) >= 11 is 17.3. The third kappa shape index (κ3) is 4.38. The number of halogens is 9. The van der Waals surface area contributed by atoms with E-state index in [1.807, 2.05) is 4.72 Å². The van der Waals surface area contributed by atoms with Crippen LogP contribution in [0.15, 0.2) is 41.3 Å². The van der Waals surface area contributed by atoms with Gasteiger partial charge in [0.15, 0.2) is 0 Å². The molecule has 0 aromatic heterocycles. The smallest absolute Gasteiger partial charge is 0.369 e. The van der Waals surface area contributed by atoms with E-state index in [0.717, 1.165) is 12.1 Å². The molecule has 0 aliphatic heterocycles. The number of hydrogen-bond donors (Lipinski definition) is 2. The molecule has 2 aromatic carbocycles. The van der Waals surface area contributed by atoms with E-state index in [0.29, 0.717) is 12.1 Å². The molecule has 14 heteroatoms. The standard InChI is InChI=1S/C15H8Cl3F6NO3S/c16-9-5-6-10(12(18)11(9)17)29(27,28)25-8-3-1-7(2-4-8)13(26,14(19,20)21)15(22,23)24/h1-6,25-26H. The predicted octanol–water partition coefficient (Wildman–Crippen LogP) is 5.76. The van der Waals surface area contributed by atoms with Crippen LogP contribution in [0.3, 0.4) is 0 Å². The summed E-state index contributed by atoms with van der Waals surface area (Å²) in [4.78, 5) is -0.528. The maximum atomic E-state index is 12.9. The van der Waals surface area contributed by atoms with Crippen LogP contribution in [0.4, 0.5) is 32.0 Å². The number of aliphatic hydroxyl groups is 1. The topological polar surface area (TPSA) is 66.4 Å². The first-order chi connectivity index (χ1) is 13.0. The number of nitrogens with one attached hydrogen (secondary N) is 1. The molecule has 2 aromatic rings. The van der Waals surface area contributed by atoms with Crippen molar-refractivity contribution in [2.24, 2.45) is 0 Å². The fourth-order valence-electron chi connectivity index (χ4n) is 2.19. The fraction of sp³-hybridized carbons (Fsp3) is 0.200. The Hall–Kier alpha value is -1.40. The number of rotatable bonds is 4. The quantitative estimate of drug-likeness (QED) is 0.413. The van der Waals surface area contributed by atoms with Gasteiger partial charge >= 0.3 is 12.4 Å². The van der Waals surface area contributed by atoms with Crippen LogP contribution in [-0.2, 0) is 15.6 Å². The van der Waals surface area contributed by atoms with Crippen molar-refractivity contribution in [3.63, 3.8) is 0 Å². The van der Waals surface area contributed by atoms with Crippen LogP contribution in [0, 0.1) is 0 Å². The molecule has 0 unspecified atom stereocenters. The maximum absolute atomic E-state index is 12.9. The minimum Gasteiger partial charge on any atom is -0.369 e. The molecule has 0 aliphatic carbocycles. The Balaban J connectivity index is 2.42. The van der Waals surface area contributed by atoms with Crippen LogP contribution < -0.4 is 4.72 Å². The van der Waals surface area contributed by atoms with Crippen molar-refractivity contribution in [2.45, 2.75) is 22.8 Å². The summed E-state index contributed by atoms with van der Waals surface area (Å²) in [5.41, 5.74) is -7.08. The first-order valence-corrected chi connectivity index (χ1v) is 9.77. The van der Waals surface area contributed by atoms with Gasteiger partial charge < -0.3 is 5.11 Å². The summed E-state index contributed by atoms with van der Waals surface area (Å²) in [7, 11) is -4.42. The third-order valence-electron chi connectivity index (χ3n) is 3.66. The highest BCUT2D eigenvalue weighted by Crippen LogP contribution is 2.50. The highest BCUT2D eigenvalue weighted by atomic mass is 35.5. The second-order valence-corrected chi connectivity index (χ2v) is 8.38. The van der Waals surface area contributed by atoms with Crippen LogP contribution in [0.2, 0.25) is 15.1 Å². The average Bonchev–Trinajstić information content (AvgIpc) is 2.57. The molecule has 0 bridgehead atoms. The van der Waals surface area contributed by atoms with Crippen molar-refractivity contribution in [3.05, 3.63) is 57.0 Å². The van der Waals surface area contributed by atoms with E-state index in [-0.39, 0.29) is 22.2 Å². The van der Waals surface area contributed by atoms with Gasteiger partial charge in [-0.1, -0.05) is 46.9 Å². The summed E-state index contributed by atoms with van der Waals surface area (Å²) < 4.78 is 104. The molecule has 0 aliphatic rings. The van der Waals surface area contributed by atoms with E-state index < -0.39 is 49.1 Å². The van der Waals surface area contributed by atoms with Crippen LogP contribution >= 0.6 is 34.8 Å². The molecule has 4 nitrogen and oxygen atoms in total. The Morgan fingerprint density at radius 1 is 0.793 bits per heavy atom. The minimum atomic E-state index is -6.07. The lowest BCUT2D eigenvalue weighted by Gasteiger charge is -2.32. The van der Waals surface area contributed by atoms with Crippen LogP contribution in [0.25, 0.3) is 0 Å². The molecule has 0 amide bonds. The second kappa shape index (κ2) is 7.69. The molecule has 0 radical (unpaired) electrons. The minimum absolute atomic E-state index is 0.0430. The van der Waals surface area contributed by atoms with Gasteiger partial charge in [-0.25, -0.2) is 8.42 Å². The van der Waals surface area contributed by atoms with Crippen molar-refractivity contribution in [1.82, 2.24) is 0 Å². The Morgan fingerprint density at radius 2 is 1.28 bits per heavy atom. The third-order valence-corrected chi connectivity index (χ3v) is 6.49. The normalized spacial score (nSPS) is 13.4. The molecule has 29 heavy (non-hydrogen) atoms. The maximum Gasteiger partial charge on any atom is 0.430 e. The molecule has 160 valence electrons. The van der Waals surface area contributed by atoms with Gasteiger partial charge in [0.1, 0.15) is 4.90 Å². The van der Waals surface area contributed by atoms with Gasteiger partial charge in [0.05, 0.1) is 15.1 Å². The van der Waals surface area contributed by atoms with E-state index in [1.54, 1.807) is 0 Å². The lowest BCUT2D eigenvalue weighted by atomic mass is 9.92. The van der Waals surface area contributed by atoms with Crippen molar-refractivity contribution in [3.8, 4) is 0 Å². The van der Waals surface area contributed by atoms with Gasteiger partial charge in [0.2, 0.25) is 0 Å². The van der Waals surface area contributed by atoms with E-state index in [9.17, 15) is 39.9 Å². The molecule has 0 atom stereocenters. The Morgan fingerprint density at radius 3 is 1.72 bits per heavy atom. The number of benzene rings is 2. The van der Waals surface area contributed by atoms with Crippen molar-refractivity contribution in [2.75, 3.05) is 4.72 Å². The SMILES string of the molecule is O=S(=O)(Nc1ccc(C(O)(C(F)(F)F)C(F)(F)F)cc1)c1ccc(Cl)c(Cl)c1Cl. The van der Waals surface area contributed by atoms with Crippen LogP contribution in [0.1, 0.15) is 5.56 Å². The summed E-state index contributed by atoms with van der Waals surface area (Å²) in [6.07, 6.45) is -12.1. The van der Waals surface area contributed by atoms with Crippen molar-refractivity contribution < 1.29 is 39.9 Å². The number of anilines is 1. The highest BCUT2D eigenvalue weighted by Gasteiger charge is 2.71. The van der Waals surface area contributed by atoms with Crippen molar-refractivity contribution in [1.29, 1.82) is 0 Å². The second-order valence-electron chi connectivity index (χ2n) is 5.56. The summed E-state index contributed by atoms with van der Waals surface area (Å²) in [6, 6.07) is 3.92. The van der Waals surface area contributed by atoms with Gasteiger partial charge in [-0.05, 0) is 24.3 Å². The van der Waals surface area contributed by atoms with E-state index in [2.05, 4.69) is 0 Å². The fourth-order valence-corrected chi connectivity index (χ4v) is 4.23. The monoisotopic (exact) mass is 501 g/mol. The lowest BCUT2D eigenvalue weighted by molar-refractivity contribution is -0.376. The molecule has 2 rings (SSSR count). The van der Waals surface area contributed by atoms with Gasteiger partial charge in [0, 0.05) is 11.3 Å². The molecule has 0 saturated carbocycles. The van der Waals surface area contributed by atoms with Crippen LogP contribution in [-0.4, -0.2) is 25.9 Å². The van der Waals surface area contributed by atoms with Crippen LogP contribution in [0.5, 0.6) is 0 Å². The van der Waals surface area contributed by atoms with Gasteiger partial charge in [-0.15, -0.1) is 0 Å². The average molecular weight is 503 g/mol. The molecule has 0 heterocycles. The molecule has 0 saturated heterocycles. The Bertz CT molecular complexity index is 1010. The molecular weight excluding hydrogens is 495 g/mol. The van der Waals surface area contributed by atoms with Gasteiger partial charge in [-0.3, -0.25) is 4.72 Å². The van der Waals surface area contributed by atoms with Gasteiger partial charge in [0.25, 0.3) is 15.6 Å². The predicted molar refractivity (Wildman–Crippen MR) is 94.7 cm³/mol. The lowest BCUT2D eigenvalue weighted by Crippen LogP contribution is -2.53. The zero-order chi connectivity index (χ0) is 22.4. The summed E-state index contributed by atoms with van der Waals surface area (Å²) in [6.45, 7) is 0. The zero-order valence-corrected chi connectivity index (χ0v) is 16.6. The first-order valence-electron chi connectivity index (χ1n) is 7.15. The Labute approximate surface area is 175 Å². The van der Waals surface area contributed by atoms with Crippen molar-refractivity contribution >= 4 is 50.5 Å². The molecule has 0 fully saturated rings. The van der Waals surface area contributed by atoms with E-state index in [1.165, 1.54) is 0 Å². The van der Waals surface area contributed by atoms with Gasteiger partial charge in [-0.2, -0.15) is 26.3 Å². The first kappa shape index (κ1) is 23.9. The number of hydrogen-bond acceptors (Lipinski definition) is 3. The largest absolute Gasteiger partial charge is 0.430 e. The summed E-state index contributed by atoms with van der Waals surface area (Å²) in [5, 5.41) is 8.56.